The van der Waals surface area contributed by atoms with E-state index in [0.717, 1.165) is 5.56 Å². The molecule has 28 heavy (non-hydrogen) atoms. The lowest BCUT2D eigenvalue weighted by molar-refractivity contribution is 0.485. The van der Waals surface area contributed by atoms with Crippen LogP contribution in [-0.2, 0) is 0 Å². The predicted molar refractivity (Wildman–Crippen MR) is 112 cm³/mol. The van der Waals surface area contributed by atoms with Crippen LogP contribution in [-0.4, -0.2) is 21.8 Å². The fourth-order valence-corrected chi connectivity index (χ4v) is 3.06. The Bertz CT molecular complexity index is 1090. The standard InChI is InChI=1S/C20H21N7O/c1-10(2)24-17-9-14(26-20(23)27-17)11-7-12(21)18-16(8-11)28-15-6-4-3-5-13(15)25-19(18)22/h3-10H,21H2,1-2H3,(H2,22,25)(H3,23,24,26,27). The third-order valence-corrected chi connectivity index (χ3v) is 4.19. The Balaban J connectivity index is 1.84. The highest BCUT2D eigenvalue weighted by Gasteiger charge is 2.21. The number of aliphatic imine (C=N–C) groups is 1. The van der Waals surface area contributed by atoms with Crippen molar-refractivity contribution in [3.05, 3.63) is 48.0 Å². The van der Waals surface area contributed by atoms with Gasteiger partial charge in [0.25, 0.3) is 0 Å². The number of aromatic nitrogens is 2. The third kappa shape index (κ3) is 3.27. The lowest BCUT2D eigenvalue weighted by Crippen LogP contribution is -2.15. The van der Waals surface area contributed by atoms with Crippen LogP contribution in [0, 0.1) is 0 Å². The molecule has 142 valence electrons. The number of para-hydroxylation sites is 2. The number of anilines is 3. The molecule has 8 nitrogen and oxygen atoms in total. The molecule has 7 N–H and O–H groups in total. The molecule has 1 aromatic heterocycles. The lowest BCUT2D eigenvalue weighted by atomic mass is 10.0. The van der Waals surface area contributed by atoms with Gasteiger partial charge in [0, 0.05) is 23.4 Å². The summed E-state index contributed by atoms with van der Waals surface area (Å²) < 4.78 is 6.08. The van der Waals surface area contributed by atoms with Crippen LogP contribution in [0.1, 0.15) is 19.4 Å². The van der Waals surface area contributed by atoms with E-state index in [0.29, 0.717) is 45.8 Å². The number of hydrogen-bond donors (Lipinski definition) is 4. The first kappa shape index (κ1) is 17.6. The topological polar surface area (TPSA) is 137 Å². The molecule has 0 radical (unpaired) electrons. The average molecular weight is 375 g/mol. The third-order valence-electron chi connectivity index (χ3n) is 4.19. The molecule has 2 heterocycles. The molecule has 0 amide bonds. The first-order chi connectivity index (χ1) is 13.4. The van der Waals surface area contributed by atoms with Crippen molar-refractivity contribution in [2.45, 2.75) is 19.9 Å². The van der Waals surface area contributed by atoms with Crippen molar-refractivity contribution in [3.8, 4) is 22.8 Å². The number of ether oxygens (including phenoxy) is 1. The molecule has 0 saturated carbocycles. The molecular weight excluding hydrogens is 354 g/mol. The summed E-state index contributed by atoms with van der Waals surface area (Å²) >= 11 is 0. The first-order valence-corrected chi connectivity index (χ1v) is 8.87. The zero-order valence-electron chi connectivity index (χ0n) is 15.6. The Morgan fingerprint density at radius 3 is 2.54 bits per heavy atom. The van der Waals surface area contributed by atoms with E-state index in [1.807, 2.05) is 50.2 Å². The van der Waals surface area contributed by atoms with Gasteiger partial charge in [-0.3, -0.25) is 0 Å². The van der Waals surface area contributed by atoms with Crippen molar-refractivity contribution in [1.29, 1.82) is 0 Å². The highest BCUT2D eigenvalue weighted by atomic mass is 16.5. The number of nitrogens with zero attached hydrogens (tertiary/aromatic N) is 3. The summed E-state index contributed by atoms with van der Waals surface area (Å²) in [5, 5.41) is 3.23. The second kappa shape index (κ2) is 6.73. The van der Waals surface area contributed by atoms with Crippen molar-refractivity contribution in [2.75, 3.05) is 16.8 Å². The van der Waals surface area contributed by atoms with Gasteiger partial charge in [-0.2, -0.15) is 4.98 Å². The fraction of sp³-hybridized carbons (Fsp3) is 0.150. The molecule has 0 fully saturated rings. The fourth-order valence-electron chi connectivity index (χ4n) is 3.06. The van der Waals surface area contributed by atoms with E-state index < -0.39 is 0 Å². The maximum atomic E-state index is 6.30. The Labute approximate surface area is 162 Å². The molecule has 1 aliphatic heterocycles. The van der Waals surface area contributed by atoms with Gasteiger partial charge in [-0.1, -0.05) is 12.1 Å². The van der Waals surface area contributed by atoms with Gasteiger partial charge in [0.1, 0.15) is 23.1 Å². The molecule has 0 aliphatic carbocycles. The van der Waals surface area contributed by atoms with E-state index in [1.165, 1.54) is 0 Å². The van der Waals surface area contributed by atoms with Crippen LogP contribution in [0.4, 0.5) is 23.1 Å². The maximum absolute atomic E-state index is 6.30. The van der Waals surface area contributed by atoms with E-state index >= 15 is 0 Å². The first-order valence-electron chi connectivity index (χ1n) is 8.87. The van der Waals surface area contributed by atoms with Crippen LogP contribution in [0.5, 0.6) is 11.5 Å². The van der Waals surface area contributed by atoms with Crippen molar-refractivity contribution in [2.24, 2.45) is 10.7 Å². The number of rotatable bonds is 3. The van der Waals surface area contributed by atoms with Crippen LogP contribution in [0.25, 0.3) is 11.3 Å². The number of fused-ring (bicyclic) bond motifs is 2. The van der Waals surface area contributed by atoms with Gasteiger partial charge in [-0.05, 0) is 38.1 Å². The van der Waals surface area contributed by atoms with E-state index in [4.69, 9.17) is 21.9 Å². The highest BCUT2D eigenvalue weighted by Crippen LogP contribution is 2.40. The van der Waals surface area contributed by atoms with Gasteiger partial charge in [0.2, 0.25) is 5.95 Å². The summed E-state index contributed by atoms with van der Waals surface area (Å²) in [6.07, 6.45) is 0. The molecule has 0 atom stereocenters. The second-order valence-corrected chi connectivity index (χ2v) is 6.80. The summed E-state index contributed by atoms with van der Waals surface area (Å²) in [5.41, 5.74) is 21.4. The molecule has 0 unspecified atom stereocenters. The van der Waals surface area contributed by atoms with Crippen LogP contribution in [0.3, 0.4) is 0 Å². The minimum Gasteiger partial charge on any atom is -0.454 e. The summed E-state index contributed by atoms with van der Waals surface area (Å²) in [7, 11) is 0. The summed E-state index contributed by atoms with van der Waals surface area (Å²) in [6, 6.07) is 13.0. The average Bonchev–Trinajstić information content (AvgIpc) is 2.76. The van der Waals surface area contributed by atoms with Gasteiger partial charge in [-0.15, -0.1) is 0 Å². The summed E-state index contributed by atoms with van der Waals surface area (Å²) in [6.45, 7) is 4.04. The van der Waals surface area contributed by atoms with E-state index in [-0.39, 0.29) is 12.0 Å². The normalized spacial score (nSPS) is 12.5. The smallest absolute Gasteiger partial charge is 0.222 e. The van der Waals surface area contributed by atoms with Crippen LogP contribution in [0.15, 0.2) is 47.5 Å². The van der Waals surface area contributed by atoms with E-state index in [2.05, 4.69) is 20.3 Å². The Morgan fingerprint density at radius 2 is 1.75 bits per heavy atom. The Morgan fingerprint density at radius 1 is 0.964 bits per heavy atom. The van der Waals surface area contributed by atoms with Crippen LogP contribution >= 0.6 is 0 Å². The van der Waals surface area contributed by atoms with Gasteiger partial charge >= 0.3 is 0 Å². The molecule has 1 aliphatic rings. The van der Waals surface area contributed by atoms with Crippen molar-refractivity contribution in [1.82, 2.24) is 9.97 Å². The minimum absolute atomic E-state index is 0.168. The highest BCUT2D eigenvalue weighted by molar-refractivity contribution is 6.07. The maximum Gasteiger partial charge on any atom is 0.222 e. The Kier molecular flexibility index (Phi) is 4.23. The van der Waals surface area contributed by atoms with E-state index in [1.54, 1.807) is 6.07 Å². The predicted octanol–water partition coefficient (Wildman–Crippen LogP) is 3.27. The number of hydrogen-bond acceptors (Lipinski definition) is 8. The zero-order chi connectivity index (χ0) is 19.8. The molecule has 2 aromatic carbocycles. The summed E-state index contributed by atoms with van der Waals surface area (Å²) in [4.78, 5) is 13.0. The molecule has 0 spiro atoms. The summed E-state index contributed by atoms with van der Waals surface area (Å²) in [5.74, 6) is 2.22. The quantitative estimate of drug-likeness (QED) is 0.515. The number of amidine groups is 1. The molecule has 3 aromatic rings. The molecule has 0 bridgehead atoms. The SMILES string of the molecule is CC(C)Nc1cc(-c2cc(N)c3c(c2)Oc2ccccc2N=C3N)nc(N)n1. The lowest BCUT2D eigenvalue weighted by Gasteiger charge is -2.14. The van der Waals surface area contributed by atoms with Crippen molar-refractivity contribution < 1.29 is 4.74 Å². The van der Waals surface area contributed by atoms with Gasteiger partial charge in [0.15, 0.2) is 5.75 Å². The molecule has 4 rings (SSSR count). The van der Waals surface area contributed by atoms with Crippen LogP contribution in [0.2, 0.25) is 0 Å². The van der Waals surface area contributed by atoms with Crippen molar-refractivity contribution >= 4 is 29.0 Å². The van der Waals surface area contributed by atoms with Gasteiger partial charge < -0.3 is 27.3 Å². The minimum atomic E-state index is 0.168. The van der Waals surface area contributed by atoms with Crippen molar-refractivity contribution in [3.63, 3.8) is 0 Å². The number of nitrogen functional groups attached to an aromatic ring is 2. The Hall–Kier alpha value is -3.81. The largest absolute Gasteiger partial charge is 0.454 e. The number of nitrogens with one attached hydrogen (secondary N) is 1. The number of nitrogens with two attached hydrogens (primary N) is 3. The molecule has 0 saturated heterocycles. The van der Waals surface area contributed by atoms with E-state index in [9.17, 15) is 0 Å². The zero-order valence-corrected chi connectivity index (χ0v) is 15.6. The second-order valence-electron chi connectivity index (χ2n) is 6.80. The monoisotopic (exact) mass is 375 g/mol. The van der Waals surface area contributed by atoms with Gasteiger partial charge in [0.05, 0.1) is 11.3 Å². The number of benzene rings is 2. The van der Waals surface area contributed by atoms with Gasteiger partial charge in [-0.25, -0.2) is 9.98 Å². The molecular formula is C20H21N7O. The molecule has 8 heteroatoms. The van der Waals surface area contributed by atoms with Crippen LogP contribution < -0.4 is 27.3 Å².